The summed E-state index contributed by atoms with van der Waals surface area (Å²) in [6.07, 6.45) is 0. The van der Waals surface area contributed by atoms with Crippen LogP contribution in [-0.4, -0.2) is 11.8 Å². The fourth-order valence-corrected chi connectivity index (χ4v) is 0.842. The molecule has 0 radical (unpaired) electrons. The quantitative estimate of drug-likeness (QED) is 0.553. The first kappa shape index (κ1) is 9.27. The summed E-state index contributed by atoms with van der Waals surface area (Å²) in [6, 6.07) is -0.701. The molecule has 0 aliphatic heterocycles. The largest absolute Gasteiger partial charge is 0.297 e. The van der Waals surface area contributed by atoms with Gasteiger partial charge in [-0.3, -0.25) is 4.79 Å². The summed E-state index contributed by atoms with van der Waals surface area (Å²) in [5.74, 6) is -0.164. The highest BCUT2D eigenvalue weighted by molar-refractivity contribution is 5.82. The third-order valence-electron chi connectivity index (χ3n) is 1.31. The molecule has 0 heterocycles. The van der Waals surface area contributed by atoms with Gasteiger partial charge in [0.25, 0.3) is 0 Å². The Labute approximate surface area is 60.8 Å². The van der Waals surface area contributed by atoms with Gasteiger partial charge in [-0.2, -0.15) is 4.91 Å². The number of carbonyl (C=O) groups excluding carboxylic acids is 1. The topological polar surface area (TPSA) is 46.5 Å². The molecule has 0 N–H and O–H groups in total. The molecule has 0 aliphatic carbocycles. The second-order valence-corrected chi connectivity index (χ2v) is 3.48. The summed E-state index contributed by atoms with van der Waals surface area (Å²) in [7, 11) is 0. The van der Waals surface area contributed by atoms with Crippen molar-refractivity contribution in [3.05, 3.63) is 4.91 Å². The lowest BCUT2D eigenvalue weighted by molar-refractivity contribution is -0.120. The minimum atomic E-state index is -0.701. The Morgan fingerprint density at radius 1 is 1.40 bits per heavy atom. The molecule has 0 aliphatic rings. The number of hydrogen-bond acceptors (Lipinski definition) is 3. The smallest absolute Gasteiger partial charge is 0.158 e. The van der Waals surface area contributed by atoms with Crippen LogP contribution < -0.4 is 0 Å². The van der Waals surface area contributed by atoms with E-state index in [0.29, 0.717) is 0 Å². The second kappa shape index (κ2) is 2.90. The fourth-order valence-electron chi connectivity index (χ4n) is 0.842. The van der Waals surface area contributed by atoms with Crippen LogP contribution in [0.3, 0.4) is 0 Å². The molecular weight excluding hydrogens is 130 g/mol. The number of nitroso groups, excluding NO2 is 1. The average Bonchev–Trinajstić information content (AvgIpc) is 1.60. The zero-order chi connectivity index (χ0) is 8.36. The van der Waals surface area contributed by atoms with Crippen LogP contribution in [0, 0.1) is 10.3 Å². The van der Waals surface area contributed by atoms with E-state index >= 15 is 0 Å². The Morgan fingerprint density at radius 2 is 1.80 bits per heavy atom. The van der Waals surface area contributed by atoms with E-state index in [1.165, 1.54) is 6.92 Å². The van der Waals surface area contributed by atoms with Gasteiger partial charge in [0.2, 0.25) is 0 Å². The van der Waals surface area contributed by atoms with Crippen LogP contribution in [0.2, 0.25) is 0 Å². The van der Waals surface area contributed by atoms with E-state index in [9.17, 15) is 9.70 Å². The molecule has 0 aromatic heterocycles. The van der Waals surface area contributed by atoms with Crippen molar-refractivity contribution in [3.8, 4) is 0 Å². The van der Waals surface area contributed by atoms with Crippen LogP contribution in [0.5, 0.6) is 0 Å². The van der Waals surface area contributed by atoms with E-state index in [4.69, 9.17) is 0 Å². The maximum atomic E-state index is 10.7. The molecule has 1 unspecified atom stereocenters. The normalized spacial score (nSPS) is 14.4. The third kappa shape index (κ3) is 2.25. The second-order valence-electron chi connectivity index (χ2n) is 3.48. The molecule has 1 atom stereocenters. The molecular formula is C7H13NO2. The summed E-state index contributed by atoms with van der Waals surface area (Å²) in [6.45, 7) is 6.85. The molecule has 0 bridgehead atoms. The summed E-state index contributed by atoms with van der Waals surface area (Å²) in [4.78, 5) is 20.9. The van der Waals surface area contributed by atoms with Gasteiger partial charge in [0.05, 0.1) is 0 Å². The molecule has 10 heavy (non-hydrogen) atoms. The molecule has 3 heteroatoms. The van der Waals surface area contributed by atoms with Gasteiger partial charge in [-0.25, -0.2) is 0 Å². The van der Waals surface area contributed by atoms with Crippen molar-refractivity contribution in [1.82, 2.24) is 0 Å². The summed E-state index contributed by atoms with van der Waals surface area (Å²) in [5.41, 5.74) is -0.340. The van der Waals surface area contributed by atoms with Gasteiger partial charge < -0.3 is 0 Å². The van der Waals surface area contributed by atoms with Crippen LogP contribution in [0.1, 0.15) is 27.7 Å². The van der Waals surface area contributed by atoms with Crippen molar-refractivity contribution in [1.29, 1.82) is 0 Å². The van der Waals surface area contributed by atoms with Gasteiger partial charge in [0, 0.05) is 0 Å². The molecule has 0 aromatic rings. The Kier molecular flexibility index (Phi) is 2.69. The number of nitrogens with zero attached hydrogens (tertiary/aromatic N) is 1. The fraction of sp³-hybridized carbons (Fsp3) is 0.857. The molecule has 0 fully saturated rings. The number of Topliss-reactive ketones (excluding diaryl/α,β-unsaturated/α-hetero) is 1. The van der Waals surface area contributed by atoms with Gasteiger partial charge in [0.15, 0.2) is 11.8 Å². The number of carbonyl (C=O) groups is 1. The molecule has 0 rings (SSSR count). The van der Waals surface area contributed by atoms with Crippen LogP contribution in [0.15, 0.2) is 5.18 Å². The van der Waals surface area contributed by atoms with Crippen LogP contribution in [0.25, 0.3) is 0 Å². The monoisotopic (exact) mass is 143 g/mol. The standard InChI is InChI=1S/C7H13NO2/c1-5(9)6(8-10)7(2,3)4/h6H,1-4H3. The molecule has 0 saturated heterocycles. The Balaban J connectivity index is 4.36. The average molecular weight is 143 g/mol. The van der Waals surface area contributed by atoms with Crippen molar-refractivity contribution in [2.75, 3.05) is 0 Å². The van der Waals surface area contributed by atoms with Crippen LogP contribution >= 0.6 is 0 Å². The minimum Gasteiger partial charge on any atom is -0.297 e. The van der Waals surface area contributed by atoms with Crippen molar-refractivity contribution < 1.29 is 4.79 Å². The summed E-state index contributed by atoms with van der Waals surface area (Å²) < 4.78 is 0. The highest BCUT2D eigenvalue weighted by Crippen LogP contribution is 2.22. The van der Waals surface area contributed by atoms with Gasteiger partial charge in [0.1, 0.15) is 0 Å². The minimum absolute atomic E-state index is 0.164. The van der Waals surface area contributed by atoms with E-state index in [-0.39, 0.29) is 11.2 Å². The van der Waals surface area contributed by atoms with Crippen molar-refractivity contribution in [3.63, 3.8) is 0 Å². The van der Waals surface area contributed by atoms with Crippen molar-refractivity contribution in [2.45, 2.75) is 33.7 Å². The van der Waals surface area contributed by atoms with Gasteiger partial charge in [-0.05, 0) is 12.3 Å². The summed E-state index contributed by atoms with van der Waals surface area (Å²) in [5, 5.41) is 2.76. The first-order chi connectivity index (χ1) is 4.39. The number of ketones is 1. The molecule has 58 valence electrons. The van der Waals surface area contributed by atoms with E-state index in [1.807, 2.05) is 20.8 Å². The Bertz CT molecular complexity index is 146. The predicted molar refractivity (Wildman–Crippen MR) is 39.7 cm³/mol. The van der Waals surface area contributed by atoms with Gasteiger partial charge in [-0.15, -0.1) is 0 Å². The highest BCUT2D eigenvalue weighted by Gasteiger charge is 2.29. The maximum Gasteiger partial charge on any atom is 0.158 e. The van der Waals surface area contributed by atoms with Crippen molar-refractivity contribution >= 4 is 5.78 Å². The zero-order valence-corrected chi connectivity index (χ0v) is 6.84. The molecule has 0 aromatic carbocycles. The highest BCUT2D eigenvalue weighted by atomic mass is 16.3. The number of rotatable bonds is 2. The first-order valence-corrected chi connectivity index (χ1v) is 3.22. The lowest BCUT2D eigenvalue weighted by atomic mass is 9.85. The van der Waals surface area contributed by atoms with Gasteiger partial charge in [-0.1, -0.05) is 25.9 Å². The molecule has 0 spiro atoms. The van der Waals surface area contributed by atoms with E-state index < -0.39 is 6.04 Å². The third-order valence-corrected chi connectivity index (χ3v) is 1.31. The lowest BCUT2D eigenvalue weighted by Gasteiger charge is -2.21. The SMILES string of the molecule is CC(=O)C(N=O)C(C)(C)C. The van der Waals surface area contributed by atoms with Crippen LogP contribution in [-0.2, 0) is 4.79 Å². The number of hydrogen-bond donors (Lipinski definition) is 0. The molecule has 0 saturated carbocycles. The van der Waals surface area contributed by atoms with Crippen molar-refractivity contribution in [2.24, 2.45) is 10.6 Å². The van der Waals surface area contributed by atoms with E-state index in [2.05, 4.69) is 5.18 Å². The predicted octanol–water partition coefficient (Wildman–Crippen LogP) is 1.76. The van der Waals surface area contributed by atoms with E-state index in [0.717, 1.165) is 0 Å². The Hall–Kier alpha value is -0.730. The lowest BCUT2D eigenvalue weighted by Crippen LogP contribution is -2.30. The zero-order valence-electron chi connectivity index (χ0n) is 6.84. The Morgan fingerprint density at radius 3 is 1.80 bits per heavy atom. The first-order valence-electron chi connectivity index (χ1n) is 3.22. The molecule has 0 amide bonds. The molecule has 3 nitrogen and oxygen atoms in total. The van der Waals surface area contributed by atoms with E-state index in [1.54, 1.807) is 0 Å². The maximum absolute atomic E-state index is 10.7. The summed E-state index contributed by atoms with van der Waals surface area (Å²) >= 11 is 0. The van der Waals surface area contributed by atoms with Gasteiger partial charge >= 0.3 is 0 Å². The van der Waals surface area contributed by atoms with Crippen LogP contribution in [0.4, 0.5) is 0 Å².